The zero-order valence-corrected chi connectivity index (χ0v) is 14.6. The van der Waals surface area contributed by atoms with Crippen LogP contribution in [0.3, 0.4) is 0 Å². The second-order valence-electron chi connectivity index (χ2n) is 4.97. The molecule has 1 aliphatic rings. The van der Waals surface area contributed by atoms with Crippen molar-refractivity contribution in [2.45, 2.75) is 36.0 Å². The van der Waals surface area contributed by atoms with Crippen molar-refractivity contribution in [3.63, 3.8) is 0 Å². The van der Waals surface area contributed by atoms with Crippen LogP contribution >= 0.6 is 39.0 Å². The first-order valence-corrected chi connectivity index (χ1v) is 9.37. The molecule has 0 saturated heterocycles. The minimum atomic E-state index is 0.735. The fourth-order valence-corrected chi connectivity index (χ4v) is 4.81. The highest BCUT2D eigenvalue weighted by atomic mass is 79.9. The lowest BCUT2D eigenvalue weighted by atomic mass is 10.2. The van der Waals surface area contributed by atoms with Gasteiger partial charge < -0.3 is 5.32 Å². The van der Waals surface area contributed by atoms with Crippen molar-refractivity contribution in [3.05, 3.63) is 44.3 Å². The van der Waals surface area contributed by atoms with Gasteiger partial charge in [0, 0.05) is 26.7 Å². The highest BCUT2D eigenvalue weighted by molar-refractivity contribution is 9.10. The Hall–Kier alpha value is -0.360. The molecule has 106 valence electrons. The second kappa shape index (κ2) is 6.60. The number of rotatable bonds is 6. The molecule has 1 aliphatic carbocycles. The molecule has 0 bridgehead atoms. The molecule has 1 saturated carbocycles. The summed E-state index contributed by atoms with van der Waals surface area (Å²) < 4.78 is 1.14. The van der Waals surface area contributed by atoms with Crippen LogP contribution in [0.25, 0.3) is 0 Å². The molecule has 0 aliphatic heterocycles. The van der Waals surface area contributed by atoms with E-state index in [0.29, 0.717) is 0 Å². The van der Waals surface area contributed by atoms with Crippen molar-refractivity contribution in [2.75, 3.05) is 7.05 Å². The largest absolute Gasteiger partial charge is 0.315 e. The Kier molecular flexibility index (Phi) is 4.81. The number of aromatic nitrogens is 1. The summed E-state index contributed by atoms with van der Waals surface area (Å²) in [5.74, 6) is 1.70. The topological polar surface area (TPSA) is 24.9 Å². The Morgan fingerprint density at radius 2 is 2.30 bits per heavy atom. The number of halogens is 1. The lowest BCUT2D eigenvalue weighted by Gasteiger charge is -1.99. The summed E-state index contributed by atoms with van der Waals surface area (Å²) in [4.78, 5) is 7.59. The number of hydrogen-bond acceptors (Lipinski definition) is 4. The molecule has 5 heteroatoms. The predicted molar refractivity (Wildman–Crippen MR) is 90.6 cm³/mol. The minimum absolute atomic E-state index is 0.735. The van der Waals surface area contributed by atoms with Crippen molar-refractivity contribution in [1.82, 2.24) is 10.3 Å². The molecule has 0 amide bonds. The first-order valence-electron chi connectivity index (χ1n) is 6.77. The molecule has 0 spiro atoms. The number of nitrogens with zero attached hydrogens (tertiary/aromatic N) is 1. The van der Waals surface area contributed by atoms with E-state index < -0.39 is 0 Å². The van der Waals surface area contributed by atoms with Crippen LogP contribution in [0.5, 0.6) is 0 Å². The molecule has 0 radical (unpaired) electrons. The maximum absolute atomic E-state index is 4.87. The normalized spacial score (nSPS) is 14.7. The molecule has 20 heavy (non-hydrogen) atoms. The first kappa shape index (κ1) is 14.6. The molecule has 2 aromatic rings. The van der Waals surface area contributed by atoms with Crippen molar-refractivity contribution in [1.29, 1.82) is 0 Å². The molecule has 1 aromatic carbocycles. The molecule has 0 unspecified atom stereocenters. The first-order chi connectivity index (χ1) is 9.76. The zero-order chi connectivity index (χ0) is 13.9. The van der Waals surface area contributed by atoms with Crippen LogP contribution < -0.4 is 5.32 Å². The second-order valence-corrected chi connectivity index (χ2v) is 8.10. The van der Waals surface area contributed by atoms with E-state index in [1.165, 1.54) is 33.3 Å². The van der Waals surface area contributed by atoms with Crippen LogP contribution in [-0.2, 0) is 12.3 Å². The molecular formula is C15H17BrN2S2. The van der Waals surface area contributed by atoms with Crippen LogP contribution in [0.15, 0.2) is 33.6 Å². The highest BCUT2D eigenvalue weighted by Gasteiger charge is 2.29. The fourth-order valence-electron chi connectivity index (χ4n) is 2.14. The molecule has 1 N–H and O–H groups in total. The molecular weight excluding hydrogens is 352 g/mol. The third-order valence-electron chi connectivity index (χ3n) is 3.23. The van der Waals surface area contributed by atoms with Crippen LogP contribution in [0.2, 0.25) is 0 Å². The summed E-state index contributed by atoms with van der Waals surface area (Å²) in [7, 11) is 2.01. The third-order valence-corrected chi connectivity index (χ3v) is 5.98. The fraction of sp³-hybridized carbons (Fsp3) is 0.400. The minimum Gasteiger partial charge on any atom is -0.315 e. The van der Waals surface area contributed by atoms with Gasteiger partial charge in [-0.15, -0.1) is 23.1 Å². The van der Waals surface area contributed by atoms with E-state index in [1.54, 1.807) is 0 Å². The van der Waals surface area contributed by atoms with Crippen LogP contribution in [-0.4, -0.2) is 12.0 Å². The van der Waals surface area contributed by atoms with E-state index in [4.69, 9.17) is 4.98 Å². The summed E-state index contributed by atoms with van der Waals surface area (Å²) in [6.07, 6.45) is 2.64. The van der Waals surface area contributed by atoms with Crippen molar-refractivity contribution < 1.29 is 0 Å². The van der Waals surface area contributed by atoms with E-state index in [1.807, 2.05) is 30.1 Å². The van der Waals surface area contributed by atoms with Crippen molar-refractivity contribution in [2.24, 2.45) is 0 Å². The smallest absolute Gasteiger partial charge is 0.103 e. The average Bonchev–Trinajstić information content (AvgIpc) is 3.20. The third kappa shape index (κ3) is 3.64. The van der Waals surface area contributed by atoms with E-state index >= 15 is 0 Å². The Bertz CT molecular complexity index is 593. The van der Waals surface area contributed by atoms with Gasteiger partial charge in [-0.3, -0.25) is 0 Å². The van der Waals surface area contributed by atoms with Crippen LogP contribution in [0.1, 0.15) is 34.3 Å². The zero-order valence-electron chi connectivity index (χ0n) is 11.4. The van der Waals surface area contributed by atoms with E-state index in [-0.39, 0.29) is 0 Å². The summed E-state index contributed by atoms with van der Waals surface area (Å²) in [6, 6.07) is 8.45. The lowest BCUT2D eigenvalue weighted by molar-refractivity contribution is 0.812. The monoisotopic (exact) mass is 368 g/mol. The number of thiazole rings is 1. The van der Waals surface area contributed by atoms with E-state index in [2.05, 4.69) is 45.5 Å². The van der Waals surface area contributed by atoms with Gasteiger partial charge in [0.25, 0.3) is 0 Å². The summed E-state index contributed by atoms with van der Waals surface area (Å²) in [5.41, 5.74) is 1.36. The summed E-state index contributed by atoms with van der Waals surface area (Å²) in [6.45, 7) is 0.949. The number of hydrogen-bond donors (Lipinski definition) is 1. The van der Waals surface area contributed by atoms with Gasteiger partial charge in [-0.05, 0) is 38.1 Å². The molecule has 1 aromatic heterocycles. The summed E-state index contributed by atoms with van der Waals surface area (Å²) >= 11 is 7.24. The quantitative estimate of drug-likeness (QED) is 0.741. The maximum atomic E-state index is 4.87. The average molecular weight is 369 g/mol. The van der Waals surface area contributed by atoms with Gasteiger partial charge in [-0.1, -0.05) is 22.0 Å². The van der Waals surface area contributed by atoms with Gasteiger partial charge in [-0.2, -0.15) is 0 Å². The Labute approximate surface area is 136 Å². The van der Waals surface area contributed by atoms with Gasteiger partial charge in [0.1, 0.15) is 5.01 Å². The SMILES string of the molecule is CNCc1sc(CSc2cccc(Br)c2)nc1C1CC1. The number of thioether (sulfide) groups is 1. The van der Waals surface area contributed by atoms with Gasteiger partial charge in [-0.25, -0.2) is 4.98 Å². The standard InChI is InChI=1S/C15H17BrN2S2/c1-17-8-13-15(10-5-6-10)18-14(20-13)9-19-12-4-2-3-11(16)7-12/h2-4,7,10,17H,5-6,8-9H2,1H3. The molecule has 1 heterocycles. The Morgan fingerprint density at radius 3 is 3.00 bits per heavy atom. The van der Waals surface area contributed by atoms with E-state index in [0.717, 1.165) is 22.7 Å². The summed E-state index contributed by atoms with van der Waals surface area (Å²) in [5, 5.41) is 4.51. The Balaban J connectivity index is 1.69. The van der Waals surface area contributed by atoms with Crippen molar-refractivity contribution >= 4 is 39.0 Å². The molecule has 3 rings (SSSR count). The predicted octanol–water partition coefficient (Wildman–Crippen LogP) is 4.79. The van der Waals surface area contributed by atoms with Crippen molar-refractivity contribution in [3.8, 4) is 0 Å². The molecule has 1 fully saturated rings. The highest BCUT2D eigenvalue weighted by Crippen LogP contribution is 2.43. The molecule has 0 atom stereocenters. The lowest BCUT2D eigenvalue weighted by Crippen LogP contribution is -2.05. The van der Waals surface area contributed by atoms with Gasteiger partial charge in [0.2, 0.25) is 0 Å². The van der Waals surface area contributed by atoms with Crippen LogP contribution in [0, 0.1) is 0 Å². The Morgan fingerprint density at radius 1 is 1.45 bits per heavy atom. The van der Waals surface area contributed by atoms with Gasteiger partial charge in [0.05, 0.1) is 11.4 Å². The van der Waals surface area contributed by atoms with Gasteiger partial charge in [0.15, 0.2) is 0 Å². The molecule has 2 nitrogen and oxygen atoms in total. The number of nitrogens with one attached hydrogen (secondary N) is 1. The van der Waals surface area contributed by atoms with E-state index in [9.17, 15) is 0 Å². The maximum Gasteiger partial charge on any atom is 0.103 e. The van der Waals surface area contributed by atoms with Gasteiger partial charge >= 0.3 is 0 Å². The van der Waals surface area contributed by atoms with Crippen LogP contribution in [0.4, 0.5) is 0 Å². The number of benzene rings is 1.